The van der Waals surface area contributed by atoms with Crippen LogP contribution < -0.4 is 0 Å². The van der Waals surface area contributed by atoms with Crippen molar-refractivity contribution in [2.45, 2.75) is 148 Å². The molecule has 0 spiro atoms. The lowest BCUT2D eigenvalue weighted by Gasteiger charge is -2.61. The molecular formula is C61H74O10. The molecule has 378 valence electrons. The molecule has 1 heterocycles. The van der Waals surface area contributed by atoms with Crippen LogP contribution in [0.3, 0.4) is 0 Å². The molecule has 9 rings (SSSR count). The molecule has 0 bridgehead atoms. The van der Waals surface area contributed by atoms with Crippen LogP contribution in [0.15, 0.2) is 121 Å². The average molecular weight is 967 g/mol. The highest BCUT2D eigenvalue weighted by molar-refractivity contribution is 5.91. The standard InChI is InChI=1S/C61H74O10/c1-39(2)19-18-20-40(3)48-31-32-49-47-30-29-45-37-46(33-35-60(45,4)50(47)34-36-61(48,49)5)67-59-54(71-58(65)44-27-16-9-17-28-44)53(70-57(64)43-25-14-8-15-26-43)52(69-56(63)42-23-12-7-13-24-42)51(68-59)38-66-55(62)41-21-10-6-11-22-41/h6-17,21-28,39-40,45-54,59H,18-20,29-38H2,1-5H3/t40-,45+,46+,47+,48-,49+,50+,51-,52+,53+,54-,59-,60+,61-/m1/s1. The van der Waals surface area contributed by atoms with Crippen LogP contribution >= 0.6 is 0 Å². The lowest BCUT2D eigenvalue weighted by atomic mass is 9.44. The van der Waals surface area contributed by atoms with Gasteiger partial charge in [-0.3, -0.25) is 0 Å². The van der Waals surface area contributed by atoms with Crippen molar-refractivity contribution >= 4 is 23.9 Å². The van der Waals surface area contributed by atoms with Crippen molar-refractivity contribution < 1.29 is 47.6 Å². The van der Waals surface area contributed by atoms with Gasteiger partial charge in [0.05, 0.1) is 28.4 Å². The van der Waals surface area contributed by atoms with Gasteiger partial charge in [0, 0.05) is 0 Å². The second-order valence-corrected chi connectivity index (χ2v) is 22.4. The topological polar surface area (TPSA) is 124 Å². The van der Waals surface area contributed by atoms with E-state index in [0.717, 1.165) is 55.3 Å². The molecule has 5 fully saturated rings. The molecule has 0 unspecified atom stereocenters. The number of carbonyl (C=O) groups is 4. The number of benzene rings is 4. The molecular weight excluding hydrogens is 893 g/mol. The maximum absolute atomic E-state index is 14.2. The van der Waals surface area contributed by atoms with Crippen molar-refractivity contribution in [2.24, 2.45) is 52.3 Å². The van der Waals surface area contributed by atoms with E-state index >= 15 is 0 Å². The van der Waals surface area contributed by atoms with Crippen molar-refractivity contribution in [2.75, 3.05) is 6.61 Å². The smallest absolute Gasteiger partial charge is 0.338 e. The SMILES string of the molecule is CC(C)CCC[C@@H](C)[C@H]1CC[C@H]2[C@@H]3CC[C@H]4C[C@@H](O[C@@H]5O[C@H](COC(=O)c6ccccc6)[C@H](OC(=O)c6ccccc6)[C@H](OC(=O)c6ccccc6)[C@H]5OC(=O)c5ccccc5)CC[C@]4(C)[C@H]3CC[C@]12C. The molecule has 0 aromatic heterocycles. The van der Waals surface area contributed by atoms with Crippen LogP contribution in [0, 0.1) is 52.3 Å². The molecule has 4 saturated carbocycles. The van der Waals surface area contributed by atoms with Gasteiger partial charge in [0.2, 0.25) is 0 Å². The molecule has 0 amide bonds. The fraction of sp³-hybridized carbons (Fsp3) is 0.541. The highest BCUT2D eigenvalue weighted by Gasteiger charge is 2.61. The maximum atomic E-state index is 14.2. The third kappa shape index (κ3) is 11.0. The Morgan fingerprint density at radius 3 is 1.63 bits per heavy atom. The summed E-state index contributed by atoms with van der Waals surface area (Å²) >= 11 is 0. The number of carbonyl (C=O) groups excluding carboxylic acids is 4. The van der Waals surface area contributed by atoms with Gasteiger partial charge in [0.1, 0.15) is 12.7 Å². The summed E-state index contributed by atoms with van der Waals surface area (Å²) in [6.07, 6.45) is 7.09. The Hall–Kier alpha value is -5.32. The number of hydrogen-bond acceptors (Lipinski definition) is 10. The summed E-state index contributed by atoms with van der Waals surface area (Å²) in [4.78, 5) is 56.0. The van der Waals surface area contributed by atoms with Crippen molar-refractivity contribution in [1.82, 2.24) is 0 Å². The van der Waals surface area contributed by atoms with Crippen molar-refractivity contribution in [1.29, 1.82) is 0 Å². The summed E-state index contributed by atoms with van der Waals surface area (Å²) in [5.74, 6) is 2.12. The molecule has 0 radical (unpaired) electrons. The summed E-state index contributed by atoms with van der Waals surface area (Å²) in [6, 6.07) is 34.0. The van der Waals surface area contributed by atoms with Crippen LogP contribution in [-0.4, -0.2) is 67.3 Å². The maximum Gasteiger partial charge on any atom is 0.338 e. The zero-order chi connectivity index (χ0) is 49.7. The monoisotopic (exact) mass is 967 g/mol. The first kappa shape index (κ1) is 50.6. The second kappa shape index (κ2) is 22.2. The molecule has 4 aliphatic carbocycles. The number of ether oxygens (including phenoxy) is 6. The normalized spacial score (nSPS) is 32.6. The van der Waals surface area contributed by atoms with Gasteiger partial charge >= 0.3 is 23.9 Å². The minimum Gasteiger partial charge on any atom is -0.459 e. The first-order valence-electron chi connectivity index (χ1n) is 26.6. The zero-order valence-electron chi connectivity index (χ0n) is 42.3. The van der Waals surface area contributed by atoms with Gasteiger partial charge in [0.25, 0.3) is 0 Å². The van der Waals surface area contributed by atoms with Gasteiger partial charge in [-0.05, 0) is 159 Å². The Labute approximate surface area is 420 Å². The number of rotatable bonds is 16. The van der Waals surface area contributed by atoms with Crippen LogP contribution in [-0.2, 0) is 28.4 Å². The molecule has 0 N–H and O–H groups in total. The Morgan fingerprint density at radius 1 is 0.563 bits per heavy atom. The van der Waals surface area contributed by atoms with E-state index in [4.69, 9.17) is 28.4 Å². The summed E-state index contributed by atoms with van der Waals surface area (Å²) in [5.41, 5.74) is 1.62. The van der Waals surface area contributed by atoms with Gasteiger partial charge in [-0.1, -0.05) is 127 Å². The minimum atomic E-state index is -1.46. The van der Waals surface area contributed by atoms with Crippen LogP contribution in [0.4, 0.5) is 0 Å². The van der Waals surface area contributed by atoms with Gasteiger partial charge in [-0.15, -0.1) is 0 Å². The van der Waals surface area contributed by atoms with Crippen LogP contribution in [0.1, 0.15) is 153 Å². The van der Waals surface area contributed by atoms with Gasteiger partial charge in [0.15, 0.2) is 24.6 Å². The van der Waals surface area contributed by atoms with E-state index in [2.05, 4.69) is 34.6 Å². The molecule has 14 atom stereocenters. The van der Waals surface area contributed by atoms with E-state index in [1.54, 1.807) is 121 Å². The minimum absolute atomic E-state index is 0.163. The van der Waals surface area contributed by atoms with Crippen LogP contribution in [0.5, 0.6) is 0 Å². The Kier molecular flexibility index (Phi) is 15.8. The molecule has 4 aromatic carbocycles. The van der Waals surface area contributed by atoms with E-state index in [0.29, 0.717) is 22.8 Å². The second-order valence-electron chi connectivity index (χ2n) is 22.4. The third-order valence-corrected chi connectivity index (χ3v) is 17.9. The predicted octanol–water partition coefficient (Wildman–Crippen LogP) is 12.8. The highest BCUT2D eigenvalue weighted by Crippen LogP contribution is 2.68. The lowest BCUT2D eigenvalue weighted by Crippen LogP contribution is -2.64. The average Bonchev–Trinajstić information content (AvgIpc) is 3.75. The van der Waals surface area contributed by atoms with Crippen molar-refractivity contribution in [3.05, 3.63) is 144 Å². The zero-order valence-corrected chi connectivity index (χ0v) is 42.3. The van der Waals surface area contributed by atoms with Crippen molar-refractivity contribution in [3.8, 4) is 0 Å². The number of fused-ring (bicyclic) bond motifs is 5. The third-order valence-electron chi connectivity index (χ3n) is 17.9. The molecule has 4 aromatic rings. The lowest BCUT2D eigenvalue weighted by molar-refractivity contribution is -0.313. The number of hydrogen-bond donors (Lipinski definition) is 0. The largest absolute Gasteiger partial charge is 0.459 e. The molecule has 71 heavy (non-hydrogen) atoms. The molecule has 10 heteroatoms. The summed E-state index contributed by atoms with van der Waals surface area (Å²) in [5, 5.41) is 0. The fourth-order valence-corrected chi connectivity index (χ4v) is 14.2. The first-order chi connectivity index (χ1) is 34.3. The number of esters is 4. The molecule has 5 aliphatic rings. The van der Waals surface area contributed by atoms with E-state index in [-0.39, 0.29) is 28.2 Å². The van der Waals surface area contributed by atoms with E-state index < -0.39 is 61.2 Å². The quantitative estimate of drug-likeness (QED) is 0.0609. The summed E-state index contributed by atoms with van der Waals surface area (Å²) < 4.78 is 38.8. The summed E-state index contributed by atoms with van der Waals surface area (Å²) in [6.45, 7) is 12.0. The van der Waals surface area contributed by atoms with Gasteiger partial charge < -0.3 is 28.4 Å². The van der Waals surface area contributed by atoms with E-state index in [9.17, 15) is 19.2 Å². The predicted molar refractivity (Wildman–Crippen MR) is 270 cm³/mol. The van der Waals surface area contributed by atoms with Crippen LogP contribution in [0.25, 0.3) is 0 Å². The summed E-state index contributed by atoms with van der Waals surface area (Å²) in [7, 11) is 0. The van der Waals surface area contributed by atoms with Gasteiger partial charge in [-0.2, -0.15) is 0 Å². The molecule has 10 nitrogen and oxygen atoms in total. The molecule has 1 aliphatic heterocycles. The van der Waals surface area contributed by atoms with E-state index in [1.165, 1.54) is 51.4 Å². The Bertz CT molecular complexity index is 2410. The fourth-order valence-electron chi connectivity index (χ4n) is 14.2. The first-order valence-corrected chi connectivity index (χ1v) is 26.6. The van der Waals surface area contributed by atoms with E-state index in [1.807, 2.05) is 0 Å². The Balaban J connectivity index is 0.997. The highest BCUT2D eigenvalue weighted by atomic mass is 16.7. The molecule has 1 saturated heterocycles. The Morgan fingerprint density at radius 2 is 1.07 bits per heavy atom. The van der Waals surface area contributed by atoms with Crippen LogP contribution in [0.2, 0.25) is 0 Å². The van der Waals surface area contributed by atoms with Gasteiger partial charge in [-0.25, -0.2) is 19.2 Å². The van der Waals surface area contributed by atoms with Crippen molar-refractivity contribution in [3.63, 3.8) is 0 Å².